The molecule has 2 heterocycles. The molecule has 0 aliphatic carbocycles. The Bertz CT molecular complexity index is 418. The van der Waals surface area contributed by atoms with Gasteiger partial charge in [0.05, 0.1) is 11.9 Å². The Kier molecular flexibility index (Phi) is 4.87. The Morgan fingerprint density at radius 3 is 2.80 bits per heavy atom. The van der Waals surface area contributed by atoms with Gasteiger partial charge in [-0.3, -0.25) is 14.4 Å². The van der Waals surface area contributed by atoms with Crippen LogP contribution < -0.4 is 16.4 Å². The molecule has 0 aromatic carbocycles. The van der Waals surface area contributed by atoms with Crippen LogP contribution in [0.25, 0.3) is 0 Å². The summed E-state index contributed by atoms with van der Waals surface area (Å²) in [5.74, 6) is -0.0957. The third kappa shape index (κ3) is 3.06. The second-order valence-electron chi connectivity index (χ2n) is 5.01. The van der Waals surface area contributed by atoms with Crippen molar-refractivity contribution < 1.29 is 14.4 Å². The molecule has 0 radical (unpaired) electrons. The van der Waals surface area contributed by atoms with Crippen LogP contribution in [0.4, 0.5) is 0 Å². The molecule has 0 bridgehead atoms. The van der Waals surface area contributed by atoms with E-state index in [4.69, 9.17) is 5.73 Å². The van der Waals surface area contributed by atoms with Crippen LogP contribution in [0.1, 0.15) is 19.3 Å². The zero-order valence-electron chi connectivity index (χ0n) is 11.4. The number of carbonyl (C=O) groups is 3. The van der Waals surface area contributed by atoms with Crippen molar-refractivity contribution in [1.82, 2.24) is 15.5 Å². The van der Waals surface area contributed by atoms with E-state index in [0.717, 1.165) is 12.2 Å². The normalized spacial score (nSPS) is 29.8. The monoisotopic (exact) mass is 300 g/mol. The van der Waals surface area contributed by atoms with Gasteiger partial charge < -0.3 is 21.3 Å². The maximum absolute atomic E-state index is 12.6. The standard InChI is InChI=1S/C12H20N4O3S/c1-14-6-9(17)15-7-4-5-20-10-3-2-8(11(13)18)16(10)12(7)19/h7-8,10,14H,2-6H2,1H3,(H2,13,18)(H,15,17)/t7-,8-,10-/m0/s1. The Morgan fingerprint density at radius 1 is 1.40 bits per heavy atom. The maximum atomic E-state index is 12.6. The van der Waals surface area contributed by atoms with E-state index in [9.17, 15) is 14.4 Å². The lowest BCUT2D eigenvalue weighted by Gasteiger charge is -2.29. The minimum absolute atomic E-state index is 0.00574. The van der Waals surface area contributed by atoms with Gasteiger partial charge in [-0.15, -0.1) is 11.8 Å². The molecule has 7 nitrogen and oxygen atoms in total. The third-order valence-electron chi connectivity index (χ3n) is 3.60. The molecule has 0 unspecified atom stereocenters. The van der Waals surface area contributed by atoms with Crippen LogP contribution in [0.2, 0.25) is 0 Å². The number of nitrogens with one attached hydrogen (secondary N) is 2. The molecule has 0 saturated carbocycles. The fourth-order valence-electron chi connectivity index (χ4n) is 2.68. The number of carbonyl (C=O) groups excluding carboxylic acids is 3. The second-order valence-corrected chi connectivity index (χ2v) is 6.29. The summed E-state index contributed by atoms with van der Waals surface area (Å²) in [6.45, 7) is 0.166. The maximum Gasteiger partial charge on any atom is 0.246 e. The minimum atomic E-state index is -0.562. The predicted molar refractivity (Wildman–Crippen MR) is 75.8 cm³/mol. The molecule has 3 atom stereocenters. The first kappa shape index (κ1) is 15.1. The van der Waals surface area contributed by atoms with Gasteiger partial charge in [-0.2, -0.15) is 0 Å². The van der Waals surface area contributed by atoms with Crippen molar-refractivity contribution >= 4 is 29.5 Å². The molecule has 2 aliphatic rings. The van der Waals surface area contributed by atoms with Gasteiger partial charge in [0.15, 0.2) is 0 Å². The van der Waals surface area contributed by atoms with Gasteiger partial charge in [-0.1, -0.05) is 0 Å². The molecule has 0 aromatic rings. The number of hydrogen-bond acceptors (Lipinski definition) is 5. The Labute approximate surface area is 122 Å². The van der Waals surface area contributed by atoms with Gasteiger partial charge in [0.1, 0.15) is 12.1 Å². The summed E-state index contributed by atoms with van der Waals surface area (Å²) in [6.07, 6.45) is 1.97. The topological polar surface area (TPSA) is 105 Å². The van der Waals surface area contributed by atoms with Crippen LogP contribution >= 0.6 is 11.8 Å². The molecule has 2 rings (SSSR count). The van der Waals surface area contributed by atoms with Crippen molar-refractivity contribution in [2.45, 2.75) is 36.7 Å². The SMILES string of the molecule is CNCC(=O)N[C@H]1CCS[C@H]2CC[C@@H](C(N)=O)N2C1=O. The smallest absolute Gasteiger partial charge is 0.246 e. The molecule has 4 N–H and O–H groups in total. The number of thioether (sulfide) groups is 1. The highest BCUT2D eigenvalue weighted by Crippen LogP contribution is 2.35. The predicted octanol–water partition coefficient (Wildman–Crippen LogP) is -1.37. The van der Waals surface area contributed by atoms with Gasteiger partial charge >= 0.3 is 0 Å². The summed E-state index contributed by atoms with van der Waals surface area (Å²) in [6, 6.07) is -1.10. The van der Waals surface area contributed by atoms with Crippen molar-refractivity contribution in [3.63, 3.8) is 0 Å². The van der Waals surface area contributed by atoms with E-state index in [-0.39, 0.29) is 23.7 Å². The number of rotatable bonds is 4. The van der Waals surface area contributed by atoms with Gasteiger partial charge in [0, 0.05) is 0 Å². The lowest BCUT2D eigenvalue weighted by atomic mass is 10.1. The molecular formula is C12H20N4O3S. The highest BCUT2D eigenvalue weighted by molar-refractivity contribution is 7.99. The summed E-state index contributed by atoms with van der Waals surface area (Å²) >= 11 is 1.65. The van der Waals surface area contributed by atoms with Crippen molar-refractivity contribution in [3.8, 4) is 0 Å². The first-order valence-corrected chi connectivity index (χ1v) is 7.76. The molecule has 3 amide bonds. The number of amides is 3. The minimum Gasteiger partial charge on any atom is -0.368 e. The number of nitrogens with zero attached hydrogens (tertiary/aromatic N) is 1. The number of nitrogens with two attached hydrogens (primary N) is 1. The Morgan fingerprint density at radius 2 is 2.15 bits per heavy atom. The van der Waals surface area contributed by atoms with Crippen LogP contribution in [0.3, 0.4) is 0 Å². The van der Waals surface area contributed by atoms with Gasteiger partial charge in [0.25, 0.3) is 0 Å². The van der Waals surface area contributed by atoms with Crippen LogP contribution in [0.5, 0.6) is 0 Å². The molecular weight excluding hydrogens is 280 g/mol. The fraction of sp³-hybridized carbons (Fsp3) is 0.750. The average Bonchev–Trinajstić information content (AvgIpc) is 2.75. The van der Waals surface area contributed by atoms with E-state index in [1.54, 1.807) is 23.7 Å². The van der Waals surface area contributed by atoms with Crippen molar-refractivity contribution in [3.05, 3.63) is 0 Å². The molecule has 2 saturated heterocycles. The van der Waals surface area contributed by atoms with E-state index in [1.165, 1.54) is 0 Å². The number of fused-ring (bicyclic) bond motifs is 1. The van der Waals surface area contributed by atoms with Gasteiger partial charge in [0.2, 0.25) is 17.7 Å². The van der Waals surface area contributed by atoms with Crippen LogP contribution in [-0.4, -0.2) is 59.4 Å². The molecule has 2 aliphatic heterocycles. The highest BCUT2D eigenvalue weighted by Gasteiger charge is 2.44. The van der Waals surface area contributed by atoms with E-state index in [1.807, 2.05) is 0 Å². The number of likely N-dealkylation sites (N-methyl/N-ethyl adjacent to an activating group) is 1. The van der Waals surface area contributed by atoms with Gasteiger partial charge in [-0.25, -0.2) is 0 Å². The van der Waals surface area contributed by atoms with Crippen LogP contribution in [-0.2, 0) is 14.4 Å². The largest absolute Gasteiger partial charge is 0.368 e. The lowest BCUT2D eigenvalue weighted by Crippen LogP contribution is -2.54. The summed E-state index contributed by atoms with van der Waals surface area (Å²) in [5, 5.41) is 5.47. The summed E-state index contributed by atoms with van der Waals surface area (Å²) in [4.78, 5) is 37.2. The van der Waals surface area contributed by atoms with E-state index in [0.29, 0.717) is 12.8 Å². The zero-order valence-corrected chi connectivity index (χ0v) is 12.2. The lowest BCUT2D eigenvalue weighted by molar-refractivity contribution is -0.140. The van der Waals surface area contributed by atoms with Crippen molar-refractivity contribution in [1.29, 1.82) is 0 Å². The third-order valence-corrected chi connectivity index (χ3v) is 4.92. The molecule has 20 heavy (non-hydrogen) atoms. The molecule has 112 valence electrons. The van der Waals surface area contributed by atoms with Crippen LogP contribution in [0, 0.1) is 0 Å². The van der Waals surface area contributed by atoms with Crippen molar-refractivity contribution in [2.75, 3.05) is 19.3 Å². The quantitative estimate of drug-likeness (QED) is 0.594. The molecule has 8 heteroatoms. The Hall–Kier alpha value is -1.28. The Balaban J connectivity index is 2.10. The zero-order chi connectivity index (χ0) is 14.7. The average molecular weight is 300 g/mol. The molecule has 0 spiro atoms. The van der Waals surface area contributed by atoms with Crippen molar-refractivity contribution in [2.24, 2.45) is 5.73 Å². The fourth-order valence-corrected chi connectivity index (χ4v) is 4.04. The highest BCUT2D eigenvalue weighted by atomic mass is 32.2. The van der Waals surface area contributed by atoms with E-state index in [2.05, 4.69) is 10.6 Å². The second kappa shape index (κ2) is 6.45. The molecule has 0 aromatic heterocycles. The summed E-state index contributed by atoms with van der Waals surface area (Å²) < 4.78 is 0. The number of hydrogen-bond donors (Lipinski definition) is 3. The van der Waals surface area contributed by atoms with E-state index >= 15 is 0 Å². The number of primary amides is 1. The summed E-state index contributed by atoms with van der Waals surface area (Å²) in [5.41, 5.74) is 5.37. The first-order chi connectivity index (χ1) is 9.54. The van der Waals surface area contributed by atoms with Crippen LogP contribution in [0.15, 0.2) is 0 Å². The van der Waals surface area contributed by atoms with E-state index < -0.39 is 18.0 Å². The van der Waals surface area contributed by atoms with Gasteiger partial charge in [-0.05, 0) is 32.1 Å². The molecule has 2 fully saturated rings. The summed E-state index contributed by atoms with van der Waals surface area (Å²) in [7, 11) is 1.67. The first-order valence-electron chi connectivity index (χ1n) is 6.71.